The fourth-order valence-corrected chi connectivity index (χ4v) is 0. The van der Waals surface area contributed by atoms with E-state index in [0.29, 0.717) is 10.5 Å². The molecule has 0 spiro atoms. The van der Waals surface area contributed by atoms with E-state index in [9.17, 15) is 14.4 Å². The smallest absolute Gasteiger partial charge is 0.861 e. The molecule has 10 heteroatoms. The maximum Gasteiger partial charge on any atom is 1.00 e. The summed E-state index contributed by atoms with van der Waals surface area (Å²) in [6, 6.07) is 0. The van der Waals surface area contributed by atoms with E-state index in [1.807, 2.05) is 0 Å². The second kappa shape index (κ2) is 18.9. The maximum absolute atomic E-state index is 9.28. The molecule has 1 N–H and O–H groups in total. The molecule has 0 saturated carbocycles. The van der Waals surface area contributed by atoms with Crippen molar-refractivity contribution in [2.24, 2.45) is 0 Å². The Morgan fingerprint density at radius 3 is 1.18 bits per heavy atom. The van der Waals surface area contributed by atoms with Crippen LogP contribution in [0.25, 0.3) is 0 Å². The third-order valence-corrected chi connectivity index (χ3v) is 0.750. The van der Waals surface area contributed by atoms with Gasteiger partial charge in [-0.1, -0.05) is 0 Å². The third-order valence-electron chi connectivity index (χ3n) is 0.250. The normalized spacial score (nSPS) is 7.36. The van der Waals surface area contributed by atoms with Gasteiger partial charge in [-0.3, -0.25) is 0 Å². The monoisotopic (exact) mass is 224 g/mol. The van der Waals surface area contributed by atoms with Crippen molar-refractivity contribution in [1.29, 1.82) is 0 Å². The molecule has 0 rings (SSSR count). The van der Waals surface area contributed by atoms with Gasteiger partial charge in [0.25, 0.3) is 0 Å². The minimum atomic E-state index is -4.88. The maximum atomic E-state index is 9.28. The first-order valence-electron chi connectivity index (χ1n) is 1.67. The van der Waals surface area contributed by atoms with Crippen LogP contribution in [-0.4, -0.2) is 31.4 Å². The van der Waals surface area contributed by atoms with Gasteiger partial charge < -0.3 is 23.6 Å². The summed E-state index contributed by atoms with van der Waals surface area (Å²) in [5.74, 6) is 0. The van der Waals surface area contributed by atoms with Crippen LogP contribution < -0.4 is 103 Å². The van der Waals surface area contributed by atoms with Crippen LogP contribution in [0.1, 0.15) is 0 Å². The van der Waals surface area contributed by atoms with Crippen LogP contribution in [0.5, 0.6) is 0 Å². The van der Waals surface area contributed by atoms with E-state index in [1.54, 1.807) is 0 Å². The largest absolute Gasteiger partial charge is 1.00 e. The minimum Gasteiger partial charge on any atom is -0.861 e. The van der Waals surface area contributed by atoms with Crippen LogP contribution in [0.4, 0.5) is 0 Å². The summed E-state index contributed by atoms with van der Waals surface area (Å²) in [5.41, 5.74) is 0. The quantitative estimate of drug-likeness (QED) is 0.446. The zero-order chi connectivity index (χ0) is 7.21. The molecule has 0 aromatic heterocycles. The summed E-state index contributed by atoms with van der Waals surface area (Å²) in [4.78, 5) is 35.0. The molecule has 0 aromatic rings. The molecule has 0 atom stereocenters. The fraction of sp³-hybridized carbons (Fsp3) is 1.00. The standard InChI is InChI=1S/CH3O4Si.3Na.H4OSi/c1-5-6(2,3)4;;;;1-2/h1H3;;;;1H,2H3/q-3;3*+1;. The molecule has 0 aliphatic carbocycles. The van der Waals surface area contributed by atoms with Gasteiger partial charge in [0.15, 0.2) is 0 Å². The molecule has 0 unspecified atom stereocenters. The van der Waals surface area contributed by atoms with E-state index >= 15 is 0 Å². The topological polar surface area (TPSA) is 98.6 Å². The van der Waals surface area contributed by atoms with Gasteiger partial charge in [0.2, 0.25) is 0 Å². The number of hydrogen-bond acceptors (Lipinski definition) is 5. The molecule has 11 heavy (non-hydrogen) atoms. The van der Waals surface area contributed by atoms with Crippen molar-refractivity contribution in [1.82, 2.24) is 0 Å². The van der Waals surface area contributed by atoms with Gasteiger partial charge in [-0.05, 0) is 0 Å². The predicted molar refractivity (Wildman–Crippen MR) is 24.9 cm³/mol. The molecule has 0 fully saturated rings. The van der Waals surface area contributed by atoms with E-state index in [0.717, 1.165) is 7.11 Å². The Morgan fingerprint density at radius 1 is 1.09 bits per heavy atom. The zero-order valence-corrected chi connectivity index (χ0v) is 16.6. The Hall–Kier alpha value is 3.23. The first-order chi connectivity index (χ1) is 3.56. The van der Waals surface area contributed by atoms with Gasteiger partial charge in [0.1, 0.15) is 10.5 Å². The summed E-state index contributed by atoms with van der Waals surface area (Å²) in [6.07, 6.45) is 0. The number of rotatable bonds is 1. The Bertz CT molecular complexity index is 49.5. The van der Waals surface area contributed by atoms with E-state index in [-0.39, 0.29) is 88.7 Å². The average Bonchev–Trinajstić information content (AvgIpc) is 1.71. The van der Waals surface area contributed by atoms with Crippen molar-refractivity contribution in [3.63, 3.8) is 0 Å². The van der Waals surface area contributed by atoms with Gasteiger partial charge >= 0.3 is 88.7 Å². The molecule has 0 bridgehead atoms. The van der Waals surface area contributed by atoms with Crippen molar-refractivity contribution < 1.29 is 112 Å². The average molecular weight is 224 g/mol. The first kappa shape index (κ1) is 29.2. The molecule has 0 aromatic carbocycles. The van der Waals surface area contributed by atoms with Crippen molar-refractivity contribution in [3.05, 3.63) is 0 Å². The Kier molecular flexibility index (Phi) is 50.3. The van der Waals surface area contributed by atoms with E-state index < -0.39 is 9.05 Å². The summed E-state index contributed by atoms with van der Waals surface area (Å²) >= 11 is 0. The van der Waals surface area contributed by atoms with Crippen molar-refractivity contribution >= 4 is 19.5 Å². The Balaban J connectivity index is -0.0000000222. The van der Waals surface area contributed by atoms with Crippen molar-refractivity contribution in [2.75, 3.05) is 7.11 Å². The van der Waals surface area contributed by atoms with Gasteiger partial charge in [-0.25, -0.2) is 0 Å². The molecule has 0 radical (unpaired) electrons. The van der Waals surface area contributed by atoms with Crippen LogP contribution in [0, 0.1) is 0 Å². The molecular formula is CH7Na3O5Si2. The van der Waals surface area contributed by atoms with Crippen LogP contribution >= 0.6 is 0 Å². The first-order valence-corrected chi connectivity index (χ1v) is 4.20. The molecule has 0 heterocycles. The summed E-state index contributed by atoms with van der Waals surface area (Å²) in [7, 11) is -3.74. The van der Waals surface area contributed by atoms with Gasteiger partial charge in [-0.2, -0.15) is 0 Å². The molecular weight excluding hydrogens is 217 g/mol. The molecule has 0 saturated heterocycles. The van der Waals surface area contributed by atoms with Crippen LogP contribution in [0.15, 0.2) is 0 Å². The summed E-state index contributed by atoms with van der Waals surface area (Å²) in [5, 5.41) is 0. The predicted octanol–water partition coefficient (Wildman–Crippen LogP) is -14.6. The summed E-state index contributed by atoms with van der Waals surface area (Å²) < 4.78 is 3.41. The van der Waals surface area contributed by atoms with Gasteiger partial charge in [-0.15, -0.1) is 9.05 Å². The van der Waals surface area contributed by atoms with Crippen molar-refractivity contribution in [3.8, 4) is 0 Å². The molecule has 0 aliphatic heterocycles. The SMILES string of the molecule is CO[Si]([O-])([O-])[O-].O[SiH3].[Na+].[Na+].[Na+]. The second-order valence-electron chi connectivity index (χ2n) is 0.704. The third kappa shape index (κ3) is 43.0. The fourth-order valence-electron chi connectivity index (χ4n) is 0. The zero-order valence-electron chi connectivity index (χ0n) is 7.58. The van der Waals surface area contributed by atoms with E-state index in [1.165, 1.54) is 0 Å². The van der Waals surface area contributed by atoms with E-state index in [4.69, 9.17) is 4.80 Å². The molecule has 0 aliphatic rings. The molecule has 0 amide bonds. The van der Waals surface area contributed by atoms with Gasteiger partial charge in [0, 0.05) is 7.11 Å². The molecule has 5 nitrogen and oxygen atoms in total. The Labute approximate surface area is 136 Å². The number of hydrogen-bond donors (Lipinski definition) is 1. The second-order valence-corrected chi connectivity index (χ2v) is 2.11. The Morgan fingerprint density at radius 2 is 1.18 bits per heavy atom. The van der Waals surface area contributed by atoms with Crippen LogP contribution in [0.2, 0.25) is 0 Å². The van der Waals surface area contributed by atoms with Crippen LogP contribution in [-0.2, 0) is 4.43 Å². The van der Waals surface area contributed by atoms with Crippen molar-refractivity contribution in [2.45, 2.75) is 0 Å². The molecule has 52 valence electrons. The van der Waals surface area contributed by atoms with Gasteiger partial charge in [0.05, 0.1) is 0 Å². The van der Waals surface area contributed by atoms with E-state index in [2.05, 4.69) is 4.43 Å². The minimum absolute atomic E-state index is 0. The summed E-state index contributed by atoms with van der Waals surface area (Å²) in [6.45, 7) is 0. The van der Waals surface area contributed by atoms with Crippen LogP contribution in [0.3, 0.4) is 0 Å².